The molecule has 0 radical (unpaired) electrons. The minimum absolute atomic E-state index is 0.0360. The van der Waals surface area contributed by atoms with E-state index in [1.807, 2.05) is 55.4 Å². The molecule has 93 heavy (non-hydrogen) atoms. The Morgan fingerprint density at radius 2 is 0.892 bits per heavy atom. The van der Waals surface area contributed by atoms with Gasteiger partial charge in [0.05, 0.1) is 6.10 Å². The first-order valence-electron chi connectivity index (χ1n) is 33.7. The van der Waals surface area contributed by atoms with E-state index in [0.717, 1.165) is 40.4 Å². The number of amides is 12. The fourth-order valence-corrected chi connectivity index (χ4v) is 11.8. The number of carbonyl (C=O) groups is 12. The Morgan fingerprint density at radius 3 is 1.37 bits per heavy atom. The summed E-state index contributed by atoms with van der Waals surface area (Å²) in [5, 5.41) is 26.2. The zero-order chi connectivity index (χ0) is 72.0. The second kappa shape index (κ2) is 39.3. The maximum atomic E-state index is 15.4. The predicted molar refractivity (Wildman–Crippen MR) is 360 cm³/mol. The average molecular weight is 1320 g/mol. The molecule has 0 bridgehead atoms. The number of unbranched alkanes of at least 4 members (excludes halogenated alkanes) is 4. The van der Waals surface area contributed by atoms with E-state index in [1.165, 1.54) is 89.7 Å². The van der Waals surface area contributed by atoms with Crippen molar-refractivity contribution in [2.45, 2.75) is 255 Å². The predicted octanol–water partition coefficient (Wildman–Crippen LogP) is 4.29. The first kappa shape index (κ1) is 84.4. The number of aliphatic hydroxyl groups excluding tert-OH is 1. The quantitative estimate of drug-likeness (QED) is 0.0691. The molecule has 25 heteroatoms. The van der Waals surface area contributed by atoms with Crippen LogP contribution in [0.2, 0.25) is 0 Å². The van der Waals surface area contributed by atoms with Gasteiger partial charge in [-0.25, -0.2) is 0 Å². The van der Waals surface area contributed by atoms with Crippen molar-refractivity contribution in [1.29, 1.82) is 0 Å². The van der Waals surface area contributed by atoms with Gasteiger partial charge in [0, 0.05) is 62.8 Å². The molecule has 0 unspecified atom stereocenters. The minimum Gasteiger partial charge on any atom is -0.390 e. The van der Waals surface area contributed by atoms with Crippen LogP contribution in [-0.4, -0.2) is 233 Å². The van der Waals surface area contributed by atoms with E-state index in [2.05, 4.69) is 33.2 Å². The molecule has 0 spiro atoms. The van der Waals surface area contributed by atoms with Gasteiger partial charge in [-0.1, -0.05) is 129 Å². The van der Waals surface area contributed by atoms with Gasteiger partial charge in [0.15, 0.2) is 0 Å². The molecule has 0 aromatic carbocycles. The summed E-state index contributed by atoms with van der Waals surface area (Å²) in [4.78, 5) is 182. The van der Waals surface area contributed by atoms with Crippen LogP contribution in [0.15, 0.2) is 12.3 Å². The van der Waals surface area contributed by atoms with Crippen LogP contribution in [0, 0.1) is 41.4 Å². The summed E-state index contributed by atoms with van der Waals surface area (Å²) < 4.78 is 0. The van der Waals surface area contributed by atoms with Gasteiger partial charge in [0.25, 0.3) is 5.91 Å². The largest absolute Gasteiger partial charge is 0.390 e. The maximum absolute atomic E-state index is 15.4. The van der Waals surface area contributed by atoms with Crippen molar-refractivity contribution in [2.24, 2.45) is 41.4 Å². The Balaban J connectivity index is 4.35. The molecule has 25 nitrogen and oxygen atoms in total. The SMILES string of the molecule is C=C1C(=O)N(C)[C@@H](CC(C)C)C(=O)N[C@H](C(C)C)C(=O)N(C)[C@H](CC(C)C)C(=O)N[C@H](C)C(=O)N[C@@H](C)C(=O)N(C)[C@H](CC(C)C)C(=O)N(C)[C@H](CC(C)C)C(=O)N(C)[C@H](C(C)C)C(=O)N(C)[C@@H]([C@H](O)[C@H](C)CCCCCCCNC(C)=O)C(=O)N[C@H](CC)C(=O)N1C. The number of nitrogens with one attached hydrogen (secondary N) is 5. The summed E-state index contributed by atoms with van der Waals surface area (Å²) >= 11 is 0. The van der Waals surface area contributed by atoms with E-state index in [9.17, 15) is 43.5 Å². The monoisotopic (exact) mass is 1310 g/mol. The normalized spacial score (nSPS) is 25.5. The molecular weight excluding hydrogens is 1190 g/mol. The zero-order valence-corrected chi connectivity index (χ0v) is 61.1. The standard InChI is InChI=1S/C68H122N12O13/c1-26-49-64(89)74(19)47(17)63(88)75(20)51(35-39(4)5)60(85)73-54(42(10)11)67(92)76(21)50(34-38(2)3)59(84)70-45(15)58(83)71-46(16)62(87)77(22)52(36-40(6)7)65(90)78(23)53(37-41(8)9)66(91)79(24)55(43(12)13)68(93)80(25)56(61(86)72-49)57(82)44(14)32-30-28-27-29-31-33-69-48(18)81/h38-46,49-57,82H,17,26-37H2,1-16,18-25H3,(H,69,81)(H,70,84)(H,71,83)(H,72,86)(H,73,85)/t44-,45-,46+,49-,50-,51+,52-,53-,54-,55-,56+,57-/m1/s1. The highest BCUT2D eigenvalue weighted by molar-refractivity contribution is 6.02. The number of nitrogens with zero attached hydrogens (tertiary/aromatic N) is 7. The van der Waals surface area contributed by atoms with Crippen LogP contribution in [0.1, 0.15) is 188 Å². The molecule has 0 aromatic rings. The molecule has 1 fully saturated rings. The lowest BCUT2D eigenvalue weighted by Gasteiger charge is -2.41. The molecule has 532 valence electrons. The lowest BCUT2D eigenvalue weighted by Crippen LogP contribution is -2.63. The highest BCUT2D eigenvalue weighted by Crippen LogP contribution is 2.27. The van der Waals surface area contributed by atoms with Crippen molar-refractivity contribution in [2.75, 3.05) is 55.9 Å². The van der Waals surface area contributed by atoms with Gasteiger partial charge in [0.2, 0.25) is 65.0 Å². The third kappa shape index (κ3) is 24.9. The third-order valence-electron chi connectivity index (χ3n) is 17.7. The fraction of sp³-hybridized carbons (Fsp3) is 0.794. The maximum Gasteiger partial charge on any atom is 0.270 e. The van der Waals surface area contributed by atoms with Crippen LogP contribution in [0.4, 0.5) is 0 Å². The average Bonchev–Trinajstić information content (AvgIpc) is 0.845. The van der Waals surface area contributed by atoms with Crippen LogP contribution in [0.25, 0.3) is 0 Å². The number of likely N-dealkylation sites (N-methyl/N-ethyl adjacent to an activating group) is 7. The molecule has 1 heterocycles. The van der Waals surface area contributed by atoms with Crippen molar-refractivity contribution in [3.05, 3.63) is 12.3 Å². The summed E-state index contributed by atoms with van der Waals surface area (Å²) in [7, 11) is 9.77. The van der Waals surface area contributed by atoms with Crippen LogP contribution >= 0.6 is 0 Å². The summed E-state index contributed by atoms with van der Waals surface area (Å²) in [6.45, 7) is 34.0. The van der Waals surface area contributed by atoms with Crippen LogP contribution in [0.3, 0.4) is 0 Å². The molecule has 1 rings (SSSR count). The van der Waals surface area contributed by atoms with E-state index < -0.39 is 149 Å². The molecule has 12 atom stereocenters. The van der Waals surface area contributed by atoms with E-state index in [4.69, 9.17) is 0 Å². The Hall–Kier alpha value is -6.66. The molecule has 1 saturated heterocycles. The van der Waals surface area contributed by atoms with Crippen molar-refractivity contribution in [3.8, 4) is 0 Å². The molecular formula is C68H122N12O13. The number of aliphatic hydroxyl groups is 1. The Morgan fingerprint density at radius 1 is 0.473 bits per heavy atom. The summed E-state index contributed by atoms with van der Waals surface area (Å²) in [6.07, 6.45) is 3.28. The number of carbonyl (C=O) groups excluding carboxylic acids is 12. The molecule has 1 aliphatic heterocycles. The van der Waals surface area contributed by atoms with Crippen molar-refractivity contribution < 1.29 is 62.6 Å². The van der Waals surface area contributed by atoms with Gasteiger partial charge >= 0.3 is 0 Å². The summed E-state index contributed by atoms with van der Waals surface area (Å²) in [6, 6.07) is -12.7. The molecule has 0 aliphatic carbocycles. The van der Waals surface area contributed by atoms with E-state index in [1.54, 1.807) is 41.5 Å². The lowest BCUT2D eigenvalue weighted by atomic mass is 9.90. The lowest BCUT2D eigenvalue weighted by molar-refractivity contribution is -0.157. The van der Waals surface area contributed by atoms with Gasteiger partial charge < -0.3 is 66.0 Å². The zero-order valence-electron chi connectivity index (χ0n) is 61.1. The fourth-order valence-electron chi connectivity index (χ4n) is 11.8. The third-order valence-corrected chi connectivity index (χ3v) is 17.7. The van der Waals surface area contributed by atoms with Gasteiger partial charge in [0.1, 0.15) is 66.1 Å². The van der Waals surface area contributed by atoms with Gasteiger partial charge in [-0.2, -0.15) is 0 Å². The van der Waals surface area contributed by atoms with Crippen molar-refractivity contribution in [1.82, 2.24) is 60.9 Å². The van der Waals surface area contributed by atoms with Crippen LogP contribution in [0.5, 0.6) is 0 Å². The molecule has 12 amide bonds. The molecule has 1 aliphatic rings. The summed E-state index contributed by atoms with van der Waals surface area (Å²) in [5.41, 5.74) is -0.369. The van der Waals surface area contributed by atoms with E-state index in [-0.39, 0.29) is 67.4 Å². The van der Waals surface area contributed by atoms with Crippen molar-refractivity contribution in [3.63, 3.8) is 0 Å². The second-order valence-electron chi connectivity index (χ2n) is 28.4. The Labute approximate surface area is 556 Å². The number of hydrogen-bond acceptors (Lipinski definition) is 13. The molecule has 6 N–H and O–H groups in total. The van der Waals surface area contributed by atoms with Crippen LogP contribution in [-0.2, 0) is 57.5 Å². The number of rotatable bonds is 21. The first-order chi connectivity index (χ1) is 43.0. The highest BCUT2D eigenvalue weighted by atomic mass is 16.3. The van der Waals surface area contributed by atoms with E-state index in [0.29, 0.717) is 19.4 Å². The highest BCUT2D eigenvalue weighted by Gasteiger charge is 2.46. The van der Waals surface area contributed by atoms with Crippen LogP contribution < -0.4 is 26.6 Å². The number of hydrogen-bond donors (Lipinski definition) is 6. The minimum atomic E-state index is -1.65. The van der Waals surface area contributed by atoms with Gasteiger partial charge in [-0.05, 0) is 100 Å². The van der Waals surface area contributed by atoms with Crippen molar-refractivity contribution >= 4 is 70.9 Å². The summed E-state index contributed by atoms with van der Waals surface area (Å²) in [5.74, 6) is -10.5. The molecule has 0 aromatic heterocycles. The van der Waals surface area contributed by atoms with E-state index >= 15 is 19.2 Å². The van der Waals surface area contributed by atoms with Gasteiger partial charge in [-0.15, -0.1) is 0 Å². The molecule has 0 saturated carbocycles. The topological polar surface area (TPSA) is 308 Å². The first-order valence-corrected chi connectivity index (χ1v) is 33.7. The Bertz CT molecular complexity index is 2560. The second-order valence-corrected chi connectivity index (χ2v) is 28.4. The Kier molecular flexibility index (Phi) is 35.6. The van der Waals surface area contributed by atoms with Gasteiger partial charge in [-0.3, -0.25) is 57.5 Å². The smallest absolute Gasteiger partial charge is 0.270 e.